The molecular weight excluding hydrogens is 522 g/mol. The molecule has 0 atom stereocenters. The van der Waals surface area contributed by atoms with Crippen LogP contribution in [0.2, 0.25) is 0 Å². The van der Waals surface area contributed by atoms with E-state index in [0.29, 0.717) is 27.2 Å². The van der Waals surface area contributed by atoms with Crippen molar-refractivity contribution >= 4 is 50.4 Å². The van der Waals surface area contributed by atoms with E-state index in [-0.39, 0.29) is 18.4 Å². The van der Waals surface area contributed by atoms with Gasteiger partial charge in [-0.15, -0.1) is 0 Å². The summed E-state index contributed by atoms with van der Waals surface area (Å²) < 4.78 is 11.7. The van der Waals surface area contributed by atoms with Crippen LogP contribution in [0.25, 0.3) is 10.8 Å². The molecule has 0 bridgehead atoms. The highest BCUT2D eigenvalue weighted by molar-refractivity contribution is 9.10. The summed E-state index contributed by atoms with van der Waals surface area (Å²) in [5.74, 6) is 0.337. The number of fused-ring (bicyclic) bond motifs is 1. The topological polar surface area (TPSA) is 89.0 Å². The Morgan fingerprint density at radius 1 is 0.944 bits per heavy atom. The quantitative estimate of drug-likeness (QED) is 0.219. The number of nitrogens with one attached hydrogen (secondary N) is 2. The molecule has 0 aliphatic rings. The molecule has 0 aliphatic carbocycles. The summed E-state index contributed by atoms with van der Waals surface area (Å²) in [6, 6.07) is 24.1. The first kappa shape index (κ1) is 24.9. The predicted molar refractivity (Wildman–Crippen MR) is 145 cm³/mol. The highest BCUT2D eigenvalue weighted by atomic mass is 79.9. The molecule has 0 aliphatic heterocycles. The first-order valence-electron chi connectivity index (χ1n) is 11.1. The van der Waals surface area contributed by atoms with Crippen molar-refractivity contribution in [3.63, 3.8) is 0 Å². The molecule has 0 spiro atoms. The van der Waals surface area contributed by atoms with Crippen LogP contribution in [0.3, 0.4) is 0 Å². The number of halogens is 1. The van der Waals surface area contributed by atoms with Crippen molar-refractivity contribution in [3.8, 4) is 11.5 Å². The Balaban J connectivity index is 1.35. The number of carbonyl (C=O) groups excluding carboxylic acids is 2. The Morgan fingerprint density at radius 3 is 2.36 bits per heavy atom. The van der Waals surface area contributed by atoms with Crippen molar-refractivity contribution in [3.05, 3.63) is 100 Å². The molecule has 4 aromatic rings. The lowest BCUT2D eigenvalue weighted by Crippen LogP contribution is -2.20. The van der Waals surface area contributed by atoms with Crippen LogP contribution in [-0.4, -0.2) is 31.7 Å². The van der Waals surface area contributed by atoms with Gasteiger partial charge in [0.1, 0.15) is 11.5 Å². The molecule has 0 unspecified atom stereocenters. The molecule has 2 amide bonds. The molecule has 0 heterocycles. The fourth-order valence-electron chi connectivity index (χ4n) is 3.48. The predicted octanol–water partition coefficient (Wildman–Crippen LogP) is 5.70. The van der Waals surface area contributed by atoms with E-state index in [1.54, 1.807) is 24.3 Å². The standard InChI is InChI=1S/C28H24BrN3O4/c1-18-7-10-22(11-8-18)31-27(33)17-36-25-12-9-19(13-24(25)29)16-30-32-28(34)23-14-20-5-3-4-6-21(20)15-26(23)35-2/h3-16H,17H2,1-2H3,(H,31,33)(H,32,34)/b30-16-. The lowest BCUT2D eigenvalue weighted by atomic mass is 10.1. The van der Waals surface area contributed by atoms with E-state index < -0.39 is 0 Å². The Bertz CT molecular complexity index is 1430. The Hall–Kier alpha value is -4.17. The summed E-state index contributed by atoms with van der Waals surface area (Å²) in [6.07, 6.45) is 1.52. The van der Waals surface area contributed by atoms with E-state index >= 15 is 0 Å². The average Bonchev–Trinajstić information content (AvgIpc) is 2.88. The third-order valence-corrected chi connectivity index (χ3v) is 5.96. The van der Waals surface area contributed by atoms with Gasteiger partial charge in [-0.3, -0.25) is 9.59 Å². The van der Waals surface area contributed by atoms with E-state index in [9.17, 15) is 9.59 Å². The summed E-state index contributed by atoms with van der Waals surface area (Å²) in [5.41, 5.74) is 5.48. The zero-order valence-electron chi connectivity index (χ0n) is 19.7. The highest BCUT2D eigenvalue weighted by Crippen LogP contribution is 2.27. The van der Waals surface area contributed by atoms with E-state index in [4.69, 9.17) is 9.47 Å². The van der Waals surface area contributed by atoms with Crippen molar-refractivity contribution in [2.75, 3.05) is 19.0 Å². The maximum atomic E-state index is 12.7. The molecule has 8 heteroatoms. The van der Waals surface area contributed by atoms with Crippen molar-refractivity contribution in [1.29, 1.82) is 0 Å². The second-order valence-corrected chi connectivity index (χ2v) is 8.85. The molecule has 0 saturated heterocycles. The molecule has 4 aromatic carbocycles. The molecule has 2 N–H and O–H groups in total. The van der Waals surface area contributed by atoms with Crippen LogP contribution in [0.5, 0.6) is 11.5 Å². The van der Waals surface area contributed by atoms with Gasteiger partial charge in [-0.05, 0) is 81.7 Å². The number of nitrogens with zero attached hydrogens (tertiary/aromatic N) is 1. The monoisotopic (exact) mass is 545 g/mol. The molecule has 182 valence electrons. The highest BCUT2D eigenvalue weighted by Gasteiger charge is 2.13. The fourth-order valence-corrected chi connectivity index (χ4v) is 3.99. The number of benzene rings is 4. The maximum absolute atomic E-state index is 12.7. The molecule has 36 heavy (non-hydrogen) atoms. The van der Waals surface area contributed by atoms with Gasteiger partial charge in [-0.2, -0.15) is 5.10 Å². The van der Waals surface area contributed by atoms with Gasteiger partial charge < -0.3 is 14.8 Å². The second-order valence-electron chi connectivity index (χ2n) is 7.99. The van der Waals surface area contributed by atoms with E-state index in [1.807, 2.05) is 61.5 Å². The summed E-state index contributed by atoms with van der Waals surface area (Å²) in [4.78, 5) is 24.9. The van der Waals surface area contributed by atoms with Gasteiger partial charge in [0.05, 0.1) is 23.4 Å². The summed E-state index contributed by atoms with van der Waals surface area (Å²) >= 11 is 3.45. The average molecular weight is 546 g/mol. The van der Waals surface area contributed by atoms with Crippen molar-refractivity contribution < 1.29 is 19.1 Å². The van der Waals surface area contributed by atoms with Gasteiger partial charge in [-0.1, -0.05) is 42.0 Å². The lowest BCUT2D eigenvalue weighted by Gasteiger charge is -2.10. The van der Waals surface area contributed by atoms with Crippen LogP contribution in [0.1, 0.15) is 21.5 Å². The number of aryl methyl sites for hydroxylation is 1. The van der Waals surface area contributed by atoms with Gasteiger partial charge in [-0.25, -0.2) is 5.43 Å². The number of ether oxygens (including phenoxy) is 2. The second kappa shape index (κ2) is 11.5. The number of hydrogen-bond donors (Lipinski definition) is 2. The Morgan fingerprint density at radius 2 is 1.67 bits per heavy atom. The normalized spacial score (nSPS) is 10.9. The molecular formula is C28H24BrN3O4. The number of methoxy groups -OCH3 is 1. The van der Waals surface area contributed by atoms with E-state index in [1.165, 1.54) is 13.3 Å². The molecule has 0 aromatic heterocycles. The van der Waals surface area contributed by atoms with E-state index in [2.05, 4.69) is 31.8 Å². The van der Waals surface area contributed by atoms with Crippen LogP contribution in [-0.2, 0) is 4.79 Å². The summed E-state index contributed by atoms with van der Waals surface area (Å²) in [6.45, 7) is 1.85. The zero-order valence-corrected chi connectivity index (χ0v) is 21.3. The fraction of sp³-hybridized carbons (Fsp3) is 0.107. The molecule has 0 fully saturated rings. The number of amides is 2. The maximum Gasteiger partial charge on any atom is 0.275 e. The number of anilines is 1. The van der Waals surface area contributed by atoms with Crippen LogP contribution in [0.15, 0.2) is 88.4 Å². The number of carbonyl (C=O) groups is 2. The van der Waals surface area contributed by atoms with Gasteiger partial charge in [0, 0.05) is 5.69 Å². The Kier molecular flexibility index (Phi) is 7.97. The Labute approximate surface area is 217 Å². The van der Waals surface area contributed by atoms with Gasteiger partial charge in [0.25, 0.3) is 11.8 Å². The minimum atomic E-state index is -0.382. The minimum Gasteiger partial charge on any atom is -0.496 e. The smallest absolute Gasteiger partial charge is 0.275 e. The van der Waals surface area contributed by atoms with Crippen LogP contribution in [0.4, 0.5) is 5.69 Å². The number of hydrazone groups is 1. The molecule has 7 nitrogen and oxygen atoms in total. The summed E-state index contributed by atoms with van der Waals surface area (Å²) in [7, 11) is 1.53. The minimum absolute atomic E-state index is 0.135. The largest absolute Gasteiger partial charge is 0.496 e. The first-order valence-corrected chi connectivity index (χ1v) is 11.9. The lowest BCUT2D eigenvalue weighted by molar-refractivity contribution is -0.118. The number of hydrogen-bond acceptors (Lipinski definition) is 5. The third kappa shape index (κ3) is 6.28. The van der Waals surface area contributed by atoms with Crippen molar-refractivity contribution in [2.45, 2.75) is 6.92 Å². The van der Waals surface area contributed by atoms with Crippen molar-refractivity contribution in [1.82, 2.24) is 5.43 Å². The molecule has 4 rings (SSSR count). The molecule has 0 saturated carbocycles. The first-order chi connectivity index (χ1) is 17.4. The van der Waals surface area contributed by atoms with Crippen LogP contribution in [0, 0.1) is 6.92 Å². The van der Waals surface area contributed by atoms with Crippen LogP contribution >= 0.6 is 15.9 Å². The zero-order chi connectivity index (χ0) is 25.5. The van der Waals surface area contributed by atoms with E-state index in [0.717, 1.165) is 21.9 Å². The summed E-state index contributed by atoms with van der Waals surface area (Å²) in [5, 5.41) is 8.77. The number of rotatable bonds is 8. The van der Waals surface area contributed by atoms with Gasteiger partial charge >= 0.3 is 0 Å². The van der Waals surface area contributed by atoms with Gasteiger partial charge in [0.2, 0.25) is 0 Å². The SMILES string of the molecule is COc1cc2ccccc2cc1C(=O)N/N=C\c1ccc(OCC(=O)Nc2ccc(C)cc2)c(Br)c1. The van der Waals surface area contributed by atoms with Gasteiger partial charge in [0.15, 0.2) is 6.61 Å². The third-order valence-electron chi connectivity index (χ3n) is 5.34. The van der Waals surface area contributed by atoms with Crippen LogP contribution < -0.4 is 20.2 Å². The molecule has 0 radical (unpaired) electrons. The van der Waals surface area contributed by atoms with Crippen molar-refractivity contribution in [2.24, 2.45) is 5.10 Å².